The predicted molar refractivity (Wildman–Crippen MR) is 90.5 cm³/mol. The van der Waals surface area contributed by atoms with Crippen LogP contribution >= 0.6 is 0 Å². The average Bonchev–Trinajstić information content (AvgIpc) is 2.51. The second-order valence-electron chi connectivity index (χ2n) is 4.53. The van der Waals surface area contributed by atoms with E-state index in [2.05, 4.69) is 54.1 Å². The van der Waals surface area contributed by atoms with Crippen molar-refractivity contribution in [2.45, 2.75) is 11.6 Å². The van der Waals surface area contributed by atoms with E-state index in [1.165, 1.54) is 30.5 Å². The van der Waals surface area contributed by atoms with Gasteiger partial charge in [0.25, 0.3) is 0 Å². The Morgan fingerprint density at radius 3 is 1.70 bits per heavy atom. The normalized spacial score (nSPS) is 11.2. The van der Waals surface area contributed by atoms with Crippen LogP contribution in [-0.4, -0.2) is 37.0 Å². The summed E-state index contributed by atoms with van der Waals surface area (Å²) >= 11 is 0.930. The topological polar surface area (TPSA) is 9.23 Å². The summed E-state index contributed by atoms with van der Waals surface area (Å²) < 4.78 is 8.69. The van der Waals surface area contributed by atoms with E-state index < -0.39 is 0 Å². The maximum atomic E-state index is 5.85. The molecule has 0 aromatic heterocycles. The molecule has 3 heteroatoms. The Bertz CT molecular complexity index is 719. The first-order valence-electron chi connectivity index (χ1n) is 6.40. The van der Waals surface area contributed by atoms with E-state index >= 15 is 0 Å². The van der Waals surface area contributed by atoms with Crippen LogP contribution in [0.4, 0.5) is 0 Å². The fourth-order valence-electron chi connectivity index (χ4n) is 2.66. The molecule has 0 saturated heterocycles. The Balaban J connectivity index is 2.56. The molecular weight excluding hydrogens is 378 g/mol. The Labute approximate surface area is 132 Å². The molecule has 0 aliphatic rings. The number of fused-ring (bicyclic) bond motifs is 2. The summed E-state index contributed by atoms with van der Waals surface area (Å²) in [6.07, 6.45) is 0. The van der Waals surface area contributed by atoms with Crippen LogP contribution in [0.1, 0.15) is 0 Å². The summed E-state index contributed by atoms with van der Waals surface area (Å²) in [6.45, 7) is 0. The van der Waals surface area contributed by atoms with Crippen LogP contribution in [-0.2, 0) is 0 Å². The van der Waals surface area contributed by atoms with Gasteiger partial charge in [0, 0.05) is 0 Å². The number of hydrogen-bond acceptors (Lipinski definition) is 1. The molecule has 3 rings (SSSR count). The molecule has 0 heterocycles. The summed E-state index contributed by atoms with van der Waals surface area (Å²) in [5.41, 5.74) is 0. The fraction of sp³-hybridized carbons (Fsp3) is 0.176. The Morgan fingerprint density at radius 1 is 0.800 bits per heavy atom. The molecule has 0 N–H and O–H groups in total. The summed E-state index contributed by atoms with van der Waals surface area (Å²) in [4.78, 5) is 0. The molecule has 0 amide bonds. The minimum absolute atomic E-state index is 0.465. The van der Waals surface area contributed by atoms with E-state index in [1.807, 2.05) is 0 Å². The molecule has 0 saturated carbocycles. The van der Waals surface area contributed by atoms with Crippen LogP contribution in [0.5, 0.6) is 5.75 Å². The van der Waals surface area contributed by atoms with Crippen LogP contribution in [0.15, 0.2) is 42.5 Å². The molecule has 0 atom stereocenters. The van der Waals surface area contributed by atoms with Gasteiger partial charge in [0.15, 0.2) is 0 Å². The van der Waals surface area contributed by atoms with Gasteiger partial charge >= 0.3 is 132 Å². The summed E-state index contributed by atoms with van der Waals surface area (Å²) in [5.74, 6) is 5.60. The van der Waals surface area contributed by atoms with Crippen LogP contribution < -0.4 is 13.7 Å². The number of rotatable bonds is 3. The third-order valence-electron chi connectivity index (χ3n) is 3.53. The van der Waals surface area contributed by atoms with E-state index in [9.17, 15) is 0 Å². The molecule has 20 heavy (non-hydrogen) atoms. The van der Waals surface area contributed by atoms with Crippen molar-refractivity contribution in [2.24, 2.45) is 0 Å². The zero-order chi connectivity index (χ0) is 14.1. The van der Waals surface area contributed by atoms with Gasteiger partial charge in [0.05, 0.1) is 0 Å². The van der Waals surface area contributed by atoms with Gasteiger partial charge in [-0.05, 0) is 0 Å². The van der Waals surface area contributed by atoms with Crippen molar-refractivity contribution in [3.63, 3.8) is 0 Å². The van der Waals surface area contributed by atoms with Gasteiger partial charge in [-0.25, -0.2) is 0 Å². The van der Waals surface area contributed by atoms with Gasteiger partial charge in [0.2, 0.25) is 0 Å². The molecule has 0 aliphatic heterocycles. The number of methoxy groups -OCH3 is 1. The van der Waals surface area contributed by atoms with Crippen LogP contribution in [0.3, 0.4) is 0 Å². The Hall–Kier alpha value is -0.981. The van der Waals surface area contributed by atoms with Crippen LogP contribution in [0, 0.1) is 0 Å². The Kier molecular flexibility index (Phi) is 4.05. The summed E-state index contributed by atoms with van der Waals surface area (Å²) in [5, 5.41) is 5.19. The molecule has 0 fully saturated rings. The van der Waals surface area contributed by atoms with Crippen molar-refractivity contribution in [2.75, 3.05) is 7.11 Å². The monoisotopic (exact) mass is 396 g/mol. The first-order valence-corrected chi connectivity index (χ1v) is 11.5. The van der Waals surface area contributed by atoms with E-state index in [1.54, 1.807) is 7.11 Å². The average molecular weight is 394 g/mol. The first kappa shape index (κ1) is 14.0. The second kappa shape index (κ2) is 5.79. The molecule has 102 valence electrons. The summed E-state index contributed by atoms with van der Waals surface area (Å²) in [6, 6.07) is 15.5. The first-order chi connectivity index (χ1) is 9.80. The zero-order valence-corrected chi connectivity index (χ0v) is 15.2. The fourth-order valence-corrected chi connectivity index (χ4v) is 5.30. The number of benzene rings is 3. The van der Waals surface area contributed by atoms with Crippen molar-refractivity contribution in [1.29, 1.82) is 0 Å². The van der Waals surface area contributed by atoms with Gasteiger partial charge in [-0.1, -0.05) is 0 Å². The molecule has 3 aromatic carbocycles. The second-order valence-corrected chi connectivity index (χ2v) is 8.09. The number of hydrogen-bond donors (Lipinski definition) is 0. The van der Waals surface area contributed by atoms with Crippen LogP contribution in [0.25, 0.3) is 21.5 Å². The molecule has 0 radical (unpaired) electrons. The molecule has 3 aromatic rings. The standard InChI is InChI=1S/C17H16OSe2/c1-18-17-15-11(6-4-8-13(15)19-2)10-12-7-5-9-14(20-3)16(12)17/h4-10H,1-3H3. The predicted octanol–water partition coefficient (Wildman–Crippen LogP) is 2.76. The van der Waals surface area contributed by atoms with Gasteiger partial charge in [0.1, 0.15) is 0 Å². The van der Waals surface area contributed by atoms with Gasteiger partial charge in [-0.2, -0.15) is 0 Å². The quantitative estimate of drug-likeness (QED) is 0.491. The molecule has 0 spiro atoms. The van der Waals surface area contributed by atoms with Crippen molar-refractivity contribution in [1.82, 2.24) is 0 Å². The van der Waals surface area contributed by atoms with Crippen molar-refractivity contribution >= 4 is 60.4 Å². The molecular formula is C17H16OSe2. The zero-order valence-electron chi connectivity index (χ0n) is 11.8. The van der Waals surface area contributed by atoms with Gasteiger partial charge in [-0.15, -0.1) is 0 Å². The van der Waals surface area contributed by atoms with Crippen molar-refractivity contribution < 1.29 is 4.74 Å². The van der Waals surface area contributed by atoms with Crippen molar-refractivity contribution in [3.05, 3.63) is 42.5 Å². The van der Waals surface area contributed by atoms with Crippen molar-refractivity contribution in [3.8, 4) is 5.75 Å². The third kappa shape index (κ3) is 2.15. The van der Waals surface area contributed by atoms with Gasteiger partial charge < -0.3 is 0 Å². The number of ether oxygens (including phenoxy) is 1. The summed E-state index contributed by atoms with van der Waals surface area (Å²) in [7, 11) is 1.80. The SMILES string of the molecule is COc1c2c([Se]C)cccc2cc2cccc([Se]C)c12. The third-order valence-corrected chi connectivity index (χ3v) is 6.80. The molecule has 1 nitrogen and oxygen atoms in total. The van der Waals surface area contributed by atoms with E-state index in [0.717, 1.165) is 5.75 Å². The van der Waals surface area contributed by atoms with Gasteiger partial charge in [-0.3, -0.25) is 0 Å². The minimum atomic E-state index is 0.465. The van der Waals surface area contributed by atoms with E-state index in [-0.39, 0.29) is 0 Å². The van der Waals surface area contributed by atoms with E-state index in [0.29, 0.717) is 29.9 Å². The maximum absolute atomic E-state index is 5.85. The molecule has 0 aliphatic carbocycles. The van der Waals surface area contributed by atoms with E-state index in [4.69, 9.17) is 4.74 Å². The molecule has 0 unspecified atom stereocenters. The Morgan fingerprint density at radius 2 is 1.30 bits per heavy atom. The molecule has 0 bridgehead atoms. The van der Waals surface area contributed by atoms with Crippen LogP contribution in [0.2, 0.25) is 11.6 Å².